The number of aryl methyl sites for hydroxylation is 1. The molecule has 0 unspecified atom stereocenters. The summed E-state index contributed by atoms with van der Waals surface area (Å²) in [6, 6.07) is 7.09. The summed E-state index contributed by atoms with van der Waals surface area (Å²) in [5.41, 5.74) is 3.93. The lowest BCUT2D eigenvalue weighted by Gasteiger charge is -2.35. The van der Waals surface area contributed by atoms with Gasteiger partial charge in [0.05, 0.1) is 17.4 Å². The maximum Gasteiger partial charge on any atom is 0.410 e. The van der Waals surface area contributed by atoms with Gasteiger partial charge < -0.3 is 14.5 Å². The number of aromatic nitrogens is 2. The second-order valence-electron chi connectivity index (χ2n) is 11.1. The van der Waals surface area contributed by atoms with Crippen molar-refractivity contribution in [1.29, 1.82) is 0 Å². The predicted molar refractivity (Wildman–Crippen MR) is 138 cm³/mol. The topological polar surface area (TPSA) is 67.7 Å². The van der Waals surface area contributed by atoms with E-state index in [1.54, 1.807) is 22.9 Å². The fourth-order valence-corrected chi connectivity index (χ4v) is 5.52. The first-order chi connectivity index (χ1) is 18.4. The van der Waals surface area contributed by atoms with Crippen molar-refractivity contribution in [1.82, 2.24) is 19.6 Å². The Morgan fingerprint density at radius 1 is 1.03 bits per heavy atom. The molecule has 39 heavy (non-hydrogen) atoms. The van der Waals surface area contributed by atoms with Crippen LogP contribution in [0.5, 0.6) is 0 Å². The van der Waals surface area contributed by atoms with E-state index in [2.05, 4.69) is 5.10 Å². The van der Waals surface area contributed by atoms with Gasteiger partial charge in [-0.05, 0) is 69.9 Å². The van der Waals surface area contributed by atoms with Crippen molar-refractivity contribution in [2.75, 3.05) is 13.1 Å². The number of hydrogen-bond acceptors (Lipinski definition) is 4. The van der Waals surface area contributed by atoms with E-state index < -0.39 is 29.1 Å². The van der Waals surface area contributed by atoms with Gasteiger partial charge in [-0.1, -0.05) is 12.1 Å². The molecule has 0 saturated carbocycles. The molecule has 206 valence electrons. The molecule has 5 rings (SSSR count). The fourth-order valence-electron chi connectivity index (χ4n) is 5.52. The van der Waals surface area contributed by atoms with Crippen molar-refractivity contribution in [3.8, 4) is 11.3 Å². The highest BCUT2D eigenvalue weighted by Crippen LogP contribution is 2.37. The number of fused-ring (bicyclic) bond motifs is 2. The monoisotopic (exact) mass is 540 g/mol. The Labute approximate surface area is 225 Å². The summed E-state index contributed by atoms with van der Waals surface area (Å²) in [5, 5.41) is 4.59. The highest BCUT2D eigenvalue weighted by Gasteiger charge is 2.35. The Hall–Kier alpha value is -3.82. The van der Waals surface area contributed by atoms with Crippen LogP contribution in [0.25, 0.3) is 11.3 Å². The van der Waals surface area contributed by atoms with Gasteiger partial charge in [0.2, 0.25) is 0 Å². The highest BCUT2D eigenvalue weighted by atomic mass is 19.2. The van der Waals surface area contributed by atoms with Gasteiger partial charge in [0.15, 0.2) is 17.5 Å². The number of amides is 2. The third kappa shape index (κ3) is 4.88. The lowest BCUT2D eigenvalue weighted by molar-refractivity contribution is 0.0224. The van der Waals surface area contributed by atoms with E-state index in [-0.39, 0.29) is 17.6 Å². The number of halogens is 3. The minimum atomic E-state index is -1.51. The summed E-state index contributed by atoms with van der Waals surface area (Å²) in [4.78, 5) is 29.8. The molecule has 0 radical (unpaired) electrons. The Balaban J connectivity index is 1.41. The minimum absolute atomic E-state index is 0.137. The Bertz CT molecular complexity index is 1450. The number of carbonyl (C=O) groups excluding carboxylic acids is 2. The molecule has 0 aliphatic carbocycles. The number of benzene rings is 2. The number of carbonyl (C=O) groups is 2. The van der Waals surface area contributed by atoms with Gasteiger partial charge in [0.25, 0.3) is 5.91 Å². The molecule has 1 atom stereocenters. The van der Waals surface area contributed by atoms with Crippen LogP contribution < -0.4 is 0 Å². The molecule has 0 saturated heterocycles. The molecule has 2 aliphatic heterocycles. The van der Waals surface area contributed by atoms with Gasteiger partial charge >= 0.3 is 6.09 Å². The van der Waals surface area contributed by atoms with Crippen LogP contribution in [0.4, 0.5) is 18.0 Å². The fraction of sp³-hybridized carbons (Fsp3) is 0.414. The third-order valence-electron chi connectivity index (χ3n) is 7.31. The zero-order valence-corrected chi connectivity index (χ0v) is 22.6. The molecule has 2 amide bonds. The molecule has 0 fully saturated rings. The van der Waals surface area contributed by atoms with E-state index in [4.69, 9.17) is 4.74 Å². The molecule has 0 N–H and O–H groups in total. The standard InChI is InChI=1S/C29H31F3N4O3/c1-16-25-21(26(34(5)33-25)18-13-22(30)24(32)23(31)14-18)10-12-36(16)27(37)20-8-6-7-17-15-35(11-9-19(17)20)28(38)39-29(2,3)4/h6-8,13-14,16H,9-12,15H2,1-5H3/t16-/m0/s1. The Morgan fingerprint density at radius 3 is 2.36 bits per heavy atom. The van der Waals surface area contributed by atoms with Gasteiger partial charge in [0.1, 0.15) is 5.60 Å². The molecule has 0 spiro atoms. The highest BCUT2D eigenvalue weighted by molar-refractivity contribution is 5.96. The van der Waals surface area contributed by atoms with Crippen molar-refractivity contribution >= 4 is 12.0 Å². The van der Waals surface area contributed by atoms with Crippen LogP contribution in [-0.4, -0.2) is 50.3 Å². The van der Waals surface area contributed by atoms with Crippen molar-refractivity contribution in [3.63, 3.8) is 0 Å². The van der Waals surface area contributed by atoms with Gasteiger partial charge in [-0.25, -0.2) is 18.0 Å². The summed E-state index contributed by atoms with van der Waals surface area (Å²) >= 11 is 0. The van der Waals surface area contributed by atoms with Crippen LogP contribution in [0.2, 0.25) is 0 Å². The third-order valence-corrected chi connectivity index (χ3v) is 7.31. The van der Waals surface area contributed by atoms with E-state index in [0.29, 0.717) is 49.4 Å². The number of hydrogen-bond donors (Lipinski definition) is 0. The molecule has 3 heterocycles. The van der Waals surface area contributed by atoms with Crippen molar-refractivity contribution < 1.29 is 27.5 Å². The van der Waals surface area contributed by atoms with Crippen molar-refractivity contribution in [2.45, 2.75) is 58.7 Å². The zero-order valence-electron chi connectivity index (χ0n) is 22.6. The van der Waals surface area contributed by atoms with Crippen LogP contribution in [0, 0.1) is 17.5 Å². The van der Waals surface area contributed by atoms with E-state index in [1.165, 1.54) is 4.68 Å². The number of rotatable bonds is 2. The summed E-state index contributed by atoms with van der Waals surface area (Å²) in [5.74, 6) is -4.18. The van der Waals surface area contributed by atoms with Crippen LogP contribution >= 0.6 is 0 Å². The molecular weight excluding hydrogens is 509 g/mol. The average molecular weight is 541 g/mol. The largest absolute Gasteiger partial charge is 0.444 e. The van der Waals surface area contributed by atoms with Gasteiger partial charge in [0, 0.05) is 43.4 Å². The molecular formula is C29H31F3N4O3. The van der Waals surface area contributed by atoms with Crippen LogP contribution in [-0.2, 0) is 31.2 Å². The van der Waals surface area contributed by atoms with E-state index in [0.717, 1.165) is 28.8 Å². The molecule has 10 heteroatoms. The molecule has 2 aliphatic rings. The van der Waals surface area contributed by atoms with Crippen LogP contribution in [0.1, 0.15) is 66.5 Å². The van der Waals surface area contributed by atoms with Crippen LogP contribution in [0.15, 0.2) is 30.3 Å². The van der Waals surface area contributed by atoms with Crippen molar-refractivity contribution in [3.05, 3.63) is 75.7 Å². The molecule has 2 aromatic carbocycles. The predicted octanol–water partition coefficient (Wildman–Crippen LogP) is 5.56. The normalized spacial score (nSPS) is 17.1. The first kappa shape index (κ1) is 26.8. The second-order valence-corrected chi connectivity index (χ2v) is 11.1. The lowest BCUT2D eigenvalue weighted by Crippen LogP contribution is -2.42. The number of ether oxygens (including phenoxy) is 1. The van der Waals surface area contributed by atoms with Gasteiger partial charge in [-0.2, -0.15) is 5.10 Å². The molecule has 0 bridgehead atoms. The van der Waals surface area contributed by atoms with Crippen molar-refractivity contribution in [2.24, 2.45) is 7.05 Å². The summed E-state index contributed by atoms with van der Waals surface area (Å²) in [6.45, 7) is 8.53. The van der Waals surface area contributed by atoms with Gasteiger partial charge in [-0.15, -0.1) is 0 Å². The summed E-state index contributed by atoms with van der Waals surface area (Å²) in [6.07, 6.45) is 0.574. The Morgan fingerprint density at radius 2 is 1.69 bits per heavy atom. The minimum Gasteiger partial charge on any atom is -0.444 e. The lowest BCUT2D eigenvalue weighted by atomic mass is 9.91. The molecule has 7 nitrogen and oxygen atoms in total. The SMILES string of the molecule is C[C@H]1c2nn(C)c(-c3cc(F)c(F)c(F)c3)c2CCN1C(=O)c1cccc2c1CCN(C(=O)OC(C)(C)C)C2. The summed E-state index contributed by atoms with van der Waals surface area (Å²) in [7, 11) is 1.66. The molecule has 3 aromatic rings. The van der Waals surface area contributed by atoms with Gasteiger partial charge in [-0.3, -0.25) is 9.48 Å². The van der Waals surface area contributed by atoms with E-state index in [1.807, 2.05) is 39.8 Å². The Kier molecular flexibility index (Phi) is 6.68. The smallest absolute Gasteiger partial charge is 0.410 e. The van der Waals surface area contributed by atoms with E-state index in [9.17, 15) is 22.8 Å². The first-order valence-electron chi connectivity index (χ1n) is 13.0. The zero-order chi connectivity index (χ0) is 28.2. The maximum atomic E-state index is 14.0. The first-order valence-corrected chi connectivity index (χ1v) is 13.0. The number of nitrogens with zero attached hydrogens (tertiary/aromatic N) is 4. The second kappa shape index (κ2) is 9.73. The molecule has 1 aromatic heterocycles. The summed E-state index contributed by atoms with van der Waals surface area (Å²) < 4.78 is 48.6. The maximum absolute atomic E-state index is 14.0. The quantitative estimate of drug-likeness (QED) is 0.400. The average Bonchev–Trinajstić information content (AvgIpc) is 3.21. The van der Waals surface area contributed by atoms with Crippen LogP contribution in [0.3, 0.4) is 0 Å². The van der Waals surface area contributed by atoms with E-state index >= 15 is 0 Å².